The maximum atomic E-state index is 5.09. The van der Waals surface area contributed by atoms with Gasteiger partial charge in [-0.05, 0) is 24.3 Å². The topological polar surface area (TPSA) is 31.2 Å². The van der Waals surface area contributed by atoms with Crippen molar-refractivity contribution in [2.75, 3.05) is 21.7 Å². The number of rotatable bonds is 0. The molecule has 112 valence electrons. The van der Waals surface area contributed by atoms with E-state index in [0.717, 1.165) is 35.8 Å². The van der Waals surface area contributed by atoms with Crippen LogP contribution in [-0.4, -0.2) is 25.5 Å². The molecule has 0 N–H and O–H groups in total. The van der Waals surface area contributed by atoms with E-state index in [2.05, 4.69) is 9.98 Å². The zero-order chi connectivity index (χ0) is 15.4. The molecule has 2 aromatic rings. The first-order chi connectivity index (χ1) is 10.8. The number of anilines is 2. The zero-order valence-electron chi connectivity index (χ0n) is 12.5. The fourth-order valence-electron chi connectivity index (χ4n) is 2.19. The average molecular weight is 392 g/mol. The normalized spacial score (nSPS) is 14.2. The SMILES string of the molecule is [S-]N1CC=Nc2ccccc21.[S-]N1CC=Nc2ccccc21.[Zn+2]. The molecule has 2 aliphatic rings. The molecule has 0 radical (unpaired) electrons. The summed E-state index contributed by atoms with van der Waals surface area (Å²) in [6, 6.07) is 15.8. The number of para-hydroxylation sites is 4. The third kappa shape index (κ3) is 4.37. The first kappa shape index (κ1) is 18.0. The molecule has 2 aliphatic heterocycles. The van der Waals surface area contributed by atoms with Crippen molar-refractivity contribution in [1.82, 2.24) is 0 Å². The summed E-state index contributed by atoms with van der Waals surface area (Å²) in [7, 11) is 0. The van der Waals surface area contributed by atoms with E-state index in [4.69, 9.17) is 25.6 Å². The second kappa shape index (κ2) is 8.53. The number of benzene rings is 2. The van der Waals surface area contributed by atoms with Gasteiger partial charge in [0.25, 0.3) is 0 Å². The smallest absolute Gasteiger partial charge is 0.666 e. The maximum absolute atomic E-state index is 5.09. The van der Waals surface area contributed by atoms with E-state index in [1.807, 2.05) is 61.0 Å². The van der Waals surface area contributed by atoms with Crippen molar-refractivity contribution >= 4 is 60.8 Å². The van der Waals surface area contributed by atoms with Crippen molar-refractivity contribution < 1.29 is 19.5 Å². The molecule has 0 aromatic heterocycles. The molecule has 0 unspecified atom stereocenters. The Kier molecular flexibility index (Phi) is 6.69. The minimum Gasteiger partial charge on any atom is -0.666 e. The Balaban J connectivity index is 0.000000160. The quantitative estimate of drug-likeness (QED) is 0.509. The summed E-state index contributed by atoms with van der Waals surface area (Å²) < 4.78 is 3.53. The molecule has 0 saturated heterocycles. The van der Waals surface area contributed by atoms with E-state index in [1.54, 1.807) is 8.61 Å². The standard InChI is InChI=1S/2C8H7N2S.Zn/c2*11-10-6-5-9-7-3-1-2-4-8(7)10;/h2*1-5H,6H2;/q2*-1;+2. The van der Waals surface area contributed by atoms with Gasteiger partial charge in [-0.15, -0.1) is 0 Å². The van der Waals surface area contributed by atoms with Gasteiger partial charge in [-0.1, -0.05) is 24.3 Å². The fraction of sp³-hybridized carbons (Fsp3) is 0.125. The molecule has 4 nitrogen and oxygen atoms in total. The predicted molar refractivity (Wildman–Crippen MR) is 98.6 cm³/mol. The molecule has 0 amide bonds. The minimum absolute atomic E-state index is 0. The van der Waals surface area contributed by atoms with Gasteiger partial charge in [0.15, 0.2) is 0 Å². The molecule has 0 spiro atoms. The summed E-state index contributed by atoms with van der Waals surface area (Å²) in [6.45, 7) is 1.46. The molecule has 0 aliphatic carbocycles. The van der Waals surface area contributed by atoms with E-state index in [-0.39, 0.29) is 19.5 Å². The van der Waals surface area contributed by atoms with Crippen molar-refractivity contribution in [1.29, 1.82) is 0 Å². The maximum Gasteiger partial charge on any atom is 2.00 e. The first-order valence-corrected chi connectivity index (χ1v) is 7.61. The Morgan fingerprint density at radius 2 is 1.09 bits per heavy atom. The number of aliphatic imine (C=N–C) groups is 2. The van der Waals surface area contributed by atoms with Gasteiger partial charge in [-0.2, -0.15) is 0 Å². The largest absolute Gasteiger partial charge is 2.00 e. The Morgan fingerprint density at radius 1 is 0.696 bits per heavy atom. The van der Waals surface area contributed by atoms with E-state index in [0.29, 0.717) is 0 Å². The summed E-state index contributed by atoms with van der Waals surface area (Å²) in [5.74, 6) is 0. The monoisotopic (exact) mass is 390 g/mol. The number of fused-ring (bicyclic) bond motifs is 2. The molecule has 0 fully saturated rings. The molecular weight excluding hydrogens is 378 g/mol. The van der Waals surface area contributed by atoms with Gasteiger partial charge >= 0.3 is 19.5 Å². The van der Waals surface area contributed by atoms with Crippen LogP contribution in [0.4, 0.5) is 22.7 Å². The molecule has 2 aromatic carbocycles. The van der Waals surface area contributed by atoms with Crippen LogP contribution in [0.5, 0.6) is 0 Å². The molecule has 0 bridgehead atoms. The fourth-order valence-corrected chi connectivity index (χ4v) is 2.63. The van der Waals surface area contributed by atoms with Gasteiger partial charge in [0.2, 0.25) is 0 Å². The van der Waals surface area contributed by atoms with E-state index in [9.17, 15) is 0 Å². The van der Waals surface area contributed by atoms with Crippen LogP contribution in [0.3, 0.4) is 0 Å². The van der Waals surface area contributed by atoms with Gasteiger partial charge in [-0.3, -0.25) is 9.98 Å². The van der Waals surface area contributed by atoms with E-state index in [1.165, 1.54) is 0 Å². The van der Waals surface area contributed by atoms with Gasteiger partial charge < -0.3 is 34.2 Å². The van der Waals surface area contributed by atoms with Crippen LogP contribution in [0.15, 0.2) is 58.5 Å². The van der Waals surface area contributed by atoms with Crippen LogP contribution >= 0.6 is 0 Å². The van der Waals surface area contributed by atoms with Crippen molar-refractivity contribution in [3.05, 3.63) is 48.5 Å². The summed E-state index contributed by atoms with van der Waals surface area (Å²) in [5.41, 5.74) is 4.00. The first-order valence-electron chi connectivity index (χ1n) is 6.88. The summed E-state index contributed by atoms with van der Waals surface area (Å²) in [6.07, 6.45) is 3.66. The van der Waals surface area contributed by atoms with Crippen molar-refractivity contribution in [2.45, 2.75) is 0 Å². The van der Waals surface area contributed by atoms with Gasteiger partial charge in [0, 0.05) is 36.9 Å². The molecule has 23 heavy (non-hydrogen) atoms. The number of hydrogen-bond donors (Lipinski definition) is 0. The van der Waals surface area contributed by atoms with Gasteiger partial charge in [-0.25, -0.2) is 0 Å². The number of hydrogen-bond acceptors (Lipinski definition) is 6. The number of nitrogens with zero attached hydrogens (tertiary/aromatic N) is 4. The Labute approximate surface area is 160 Å². The van der Waals surface area contributed by atoms with E-state index < -0.39 is 0 Å². The summed E-state index contributed by atoms with van der Waals surface area (Å²) in [4.78, 5) is 8.42. The Hall–Kier alpha value is -1.30. The van der Waals surface area contributed by atoms with Crippen LogP contribution in [0, 0.1) is 0 Å². The van der Waals surface area contributed by atoms with Gasteiger partial charge in [0.1, 0.15) is 0 Å². The Bertz CT molecular complexity index is 659. The average Bonchev–Trinajstić information content (AvgIpc) is 2.57. The van der Waals surface area contributed by atoms with Crippen LogP contribution in [0.25, 0.3) is 0 Å². The molecule has 0 saturated carbocycles. The molecule has 0 atom stereocenters. The third-order valence-corrected chi connectivity index (χ3v) is 3.95. The van der Waals surface area contributed by atoms with Crippen molar-refractivity contribution in [2.24, 2.45) is 9.98 Å². The molecule has 7 heteroatoms. The van der Waals surface area contributed by atoms with E-state index >= 15 is 0 Å². The second-order valence-electron chi connectivity index (χ2n) is 4.72. The van der Waals surface area contributed by atoms with Crippen LogP contribution < -0.4 is 8.61 Å². The summed E-state index contributed by atoms with van der Waals surface area (Å²) in [5, 5.41) is 0. The second-order valence-corrected chi connectivity index (χ2v) is 5.60. The van der Waals surface area contributed by atoms with Crippen LogP contribution in [-0.2, 0) is 45.1 Å². The van der Waals surface area contributed by atoms with Crippen LogP contribution in [0.1, 0.15) is 0 Å². The van der Waals surface area contributed by atoms with Crippen molar-refractivity contribution in [3.63, 3.8) is 0 Å². The molecular formula is C16H14N4S2Zn. The summed E-state index contributed by atoms with van der Waals surface area (Å²) >= 11 is 10.2. The predicted octanol–water partition coefficient (Wildman–Crippen LogP) is 3.34. The van der Waals surface area contributed by atoms with Gasteiger partial charge in [0.05, 0.1) is 11.4 Å². The third-order valence-electron chi connectivity index (χ3n) is 3.26. The molecule has 4 rings (SSSR count). The zero-order valence-corrected chi connectivity index (χ0v) is 17.1. The van der Waals surface area contributed by atoms with Crippen LogP contribution in [0.2, 0.25) is 0 Å². The Morgan fingerprint density at radius 3 is 1.48 bits per heavy atom. The minimum atomic E-state index is 0. The molecule has 2 heterocycles. The van der Waals surface area contributed by atoms with Crippen molar-refractivity contribution in [3.8, 4) is 0 Å².